The van der Waals surface area contributed by atoms with E-state index in [1.165, 1.54) is 13.3 Å². The average Bonchev–Trinajstić information content (AvgIpc) is 2.77. The van der Waals surface area contributed by atoms with Crippen molar-refractivity contribution < 1.29 is 18.3 Å². The summed E-state index contributed by atoms with van der Waals surface area (Å²) >= 11 is 0. The first kappa shape index (κ1) is 14.1. The summed E-state index contributed by atoms with van der Waals surface area (Å²) in [6.07, 6.45) is 1.89. The minimum absolute atomic E-state index is 0.102. The first-order valence-electron chi connectivity index (χ1n) is 5.19. The largest absolute Gasteiger partial charge is 0.392 e. The molecule has 0 amide bonds. The van der Waals surface area contributed by atoms with E-state index in [0.717, 1.165) is 0 Å². The summed E-state index contributed by atoms with van der Waals surface area (Å²) in [6, 6.07) is -0.306. The van der Waals surface area contributed by atoms with E-state index in [2.05, 4.69) is 14.9 Å². The van der Waals surface area contributed by atoms with E-state index in [1.54, 1.807) is 0 Å². The van der Waals surface area contributed by atoms with Crippen LogP contribution < -0.4 is 4.72 Å². The Morgan fingerprint density at radius 3 is 2.88 bits per heavy atom. The predicted octanol–water partition coefficient (Wildman–Crippen LogP) is -0.395. The summed E-state index contributed by atoms with van der Waals surface area (Å²) in [4.78, 5) is 0. The van der Waals surface area contributed by atoms with Crippen LogP contribution in [-0.4, -0.2) is 43.5 Å². The first-order valence-corrected chi connectivity index (χ1v) is 6.67. The maximum atomic E-state index is 12.0. The van der Waals surface area contributed by atoms with E-state index in [0.29, 0.717) is 13.0 Å². The zero-order valence-corrected chi connectivity index (χ0v) is 10.6. The van der Waals surface area contributed by atoms with Gasteiger partial charge >= 0.3 is 0 Å². The number of H-pyrrole nitrogens is 1. The summed E-state index contributed by atoms with van der Waals surface area (Å²) in [5.74, 6) is 0. The molecule has 0 aromatic carbocycles. The highest BCUT2D eigenvalue weighted by Crippen LogP contribution is 2.12. The van der Waals surface area contributed by atoms with Crippen molar-refractivity contribution in [1.82, 2.24) is 14.9 Å². The zero-order valence-electron chi connectivity index (χ0n) is 9.80. The topological polar surface area (TPSA) is 104 Å². The molecule has 0 aliphatic heterocycles. The zero-order chi connectivity index (χ0) is 12.9. The Bertz CT molecular complexity index is 443. The summed E-state index contributed by atoms with van der Waals surface area (Å²) in [6.45, 7) is 1.76. The van der Waals surface area contributed by atoms with Crippen LogP contribution in [0.3, 0.4) is 0 Å². The van der Waals surface area contributed by atoms with Crippen molar-refractivity contribution in [2.75, 3.05) is 13.7 Å². The van der Waals surface area contributed by atoms with Crippen LogP contribution in [0.4, 0.5) is 0 Å². The van der Waals surface area contributed by atoms with Gasteiger partial charge in [0.05, 0.1) is 19.4 Å². The molecule has 1 rings (SSSR count). The van der Waals surface area contributed by atoms with Crippen LogP contribution in [0.25, 0.3) is 0 Å². The molecule has 98 valence electrons. The molecule has 0 aliphatic rings. The van der Waals surface area contributed by atoms with E-state index in [9.17, 15) is 8.42 Å². The molecule has 1 aromatic heterocycles. The molecule has 8 heteroatoms. The Morgan fingerprint density at radius 2 is 2.35 bits per heavy atom. The second-order valence-electron chi connectivity index (χ2n) is 3.56. The third-order valence-electron chi connectivity index (χ3n) is 2.30. The molecule has 0 spiro atoms. The van der Waals surface area contributed by atoms with Crippen LogP contribution in [-0.2, 0) is 21.4 Å². The van der Waals surface area contributed by atoms with Crippen molar-refractivity contribution in [1.29, 1.82) is 0 Å². The lowest BCUT2D eigenvalue weighted by atomic mass is 10.3. The van der Waals surface area contributed by atoms with Gasteiger partial charge in [-0.3, -0.25) is 5.10 Å². The molecule has 7 nitrogen and oxygen atoms in total. The number of methoxy groups -OCH3 is 1. The maximum Gasteiger partial charge on any atom is 0.258 e. The Labute approximate surface area is 100 Å². The number of aliphatic hydroxyl groups is 1. The molecule has 3 N–H and O–H groups in total. The standard InChI is InChI=1S/C9H17N3O4S/c1-3-8(6-16-2)12-17(14,15)9-7(5-13)4-10-11-9/h4,8,12-13H,3,5-6H2,1-2H3,(H,10,11). The molecule has 0 saturated carbocycles. The number of aromatic nitrogens is 2. The Hall–Kier alpha value is -0.960. The van der Waals surface area contributed by atoms with Gasteiger partial charge in [0.25, 0.3) is 10.0 Å². The number of ether oxygens (including phenoxy) is 1. The highest BCUT2D eigenvalue weighted by Gasteiger charge is 2.23. The van der Waals surface area contributed by atoms with Crippen LogP contribution in [0.15, 0.2) is 11.2 Å². The van der Waals surface area contributed by atoms with Gasteiger partial charge in [-0.25, -0.2) is 13.1 Å². The lowest BCUT2D eigenvalue weighted by Gasteiger charge is -2.15. The molecular formula is C9H17N3O4S. The molecule has 0 fully saturated rings. The fourth-order valence-corrected chi connectivity index (χ4v) is 2.79. The number of hydrogen-bond donors (Lipinski definition) is 3. The third-order valence-corrected chi connectivity index (χ3v) is 3.83. The third kappa shape index (κ3) is 3.50. The van der Waals surface area contributed by atoms with Crippen LogP contribution in [0.2, 0.25) is 0 Å². The molecule has 0 bridgehead atoms. The van der Waals surface area contributed by atoms with Crippen molar-refractivity contribution in [3.63, 3.8) is 0 Å². The Kier molecular flexibility index (Phi) is 5.06. The number of aliphatic hydroxyl groups excluding tert-OH is 1. The molecule has 0 radical (unpaired) electrons. The summed E-state index contributed by atoms with van der Waals surface area (Å²) in [7, 11) is -2.20. The number of nitrogens with one attached hydrogen (secondary N) is 2. The first-order chi connectivity index (χ1) is 8.05. The van der Waals surface area contributed by atoms with Gasteiger partial charge in [0, 0.05) is 18.7 Å². The van der Waals surface area contributed by atoms with E-state index >= 15 is 0 Å². The molecular weight excluding hydrogens is 246 g/mol. The van der Waals surface area contributed by atoms with Crippen molar-refractivity contribution >= 4 is 10.0 Å². The normalized spacial score (nSPS) is 13.8. The van der Waals surface area contributed by atoms with Gasteiger partial charge in [-0.15, -0.1) is 0 Å². The van der Waals surface area contributed by atoms with Crippen LogP contribution in [0.1, 0.15) is 18.9 Å². The molecule has 1 aromatic rings. The summed E-state index contributed by atoms with van der Waals surface area (Å²) < 4.78 is 31.3. The Balaban J connectivity index is 2.88. The van der Waals surface area contributed by atoms with Crippen LogP contribution in [0, 0.1) is 0 Å². The van der Waals surface area contributed by atoms with Crippen LogP contribution >= 0.6 is 0 Å². The number of nitrogens with zero attached hydrogens (tertiary/aromatic N) is 1. The van der Waals surface area contributed by atoms with Crippen molar-refractivity contribution in [2.45, 2.75) is 31.0 Å². The highest BCUT2D eigenvalue weighted by atomic mass is 32.2. The maximum absolute atomic E-state index is 12.0. The molecule has 17 heavy (non-hydrogen) atoms. The quantitative estimate of drug-likeness (QED) is 0.621. The molecule has 0 aliphatic carbocycles. The predicted molar refractivity (Wildman–Crippen MR) is 60.8 cm³/mol. The minimum Gasteiger partial charge on any atom is -0.392 e. The fourth-order valence-electron chi connectivity index (χ4n) is 1.36. The van der Waals surface area contributed by atoms with Gasteiger partial charge < -0.3 is 9.84 Å². The lowest BCUT2D eigenvalue weighted by molar-refractivity contribution is 0.173. The van der Waals surface area contributed by atoms with Gasteiger partial charge in [0.2, 0.25) is 0 Å². The van der Waals surface area contributed by atoms with Gasteiger partial charge in [-0.2, -0.15) is 5.10 Å². The number of sulfonamides is 1. The molecule has 0 saturated heterocycles. The van der Waals surface area contributed by atoms with Crippen LogP contribution in [0.5, 0.6) is 0 Å². The Morgan fingerprint density at radius 1 is 1.65 bits per heavy atom. The van der Waals surface area contributed by atoms with E-state index in [1.807, 2.05) is 6.92 Å². The van der Waals surface area contributed by atoms with Crippen molar-refractivity contribution in [2.24, 2.45) is 0 Å². The SMILES string of the molecule is CCC(COC)NS(=O)(=O)c1[nH]ncc1CO. The summed E-state index contributed by atoms with van der Waals surface area (Å²) in [5.41, 5.74) is 0.241. The number of hydrogen-bond acceptors (Lipinski definition) is 5. The van der Waals surface area contributed by atoms with Crippen molar-refractivity contribution in [3.8, 4) is 0 Å². The monoisotopic (exact) mass is 263 g/mol. The van der Waals surface area contributed by atoms with E-state index in [-0.39, 0.29) is 23.2 Å². The van der Waals surface area contributed by atoms with Gasteiger partial charge in [0.15, 0.2) is 5.03 Å². The second-order valence-corrected chi connectivity index (χ2v) is 5.22. The lowest BCUT2D eigenvalue weighted by Crippen LogP contribution is -2.38. The molecule has 1 heterocycles. The molecule has 1 unspecified atom stereocenters. The number of aromatic amines is 1. The van der Waals surface area contributed by atoms with E-state index < -0.39 is 10.0 Å². The molecule has 1 atom stereocenters. The van der Waals surface area contributed by atoms with Gasteiger partial charge in [-0.05, 0) is 6.42 Å². The fraction of sp³-hybridized carbons (Fsp3) is 0.667. The van der Waals surface area contributed by atoms with E-state index in [4.69, 9.17) is 9.84 Å². The summed E-state index contributed by atoms with van der Waals surface area (Å²) in [5, 5.41) is 14.9. The van der Waals surface area contributed by atoms with Gasteiger partial charge in [-0.1, -0.05) is 6.92 Å². The van der Waals surface area contributed by atoms with Crippen molar-refractivity contribution in [3.05, 3.63) is 11.8 Å². The highest BCUT2D eigenvalue weighted by molar-refractivity contribution is 7.89. The smallest absolute Gasteiger partial charge is 0.258 e. The number of rotatable bonds is 7. The average molecular weight is 263 g/mol. The minimum atomic E-state index is -3.70. The van der Waals surface area contributed by atoms with Gasteiger partial charge in [0.1, 0.15) is 0 Å². The second kappa shape index (κ2) is 6.10.